The predicted octanol–water partition coefficient (Wildman–Crippen LogP) is 4.62. The van der Waals surface area contributed by atoms with Crippen LogP contribution in [0.1, 0.15) is 28.8 Å². The molecule has 4 rings (SSSR count). The quantitative estimate of drug-likeness (QED) is 0.334. The van der Waals surface area contributed by atoms with Crippen LogP contribution in [0.15, 0.2) is 41.6 Å². The molecule has 0 radical (unpaired) electrons. The number of hydrogen-bond acceptors (Lipinski definition) is 6. The number of fused-ring (bicyclic) bond motifs is 1. The molecule has 0 spiro atoms. The predicted molar refractivity (Wildman–Crippen MR) is 144 cm³/mol. The number of imidazole rings is 1. The number of hydrogen-bond donors (Lipinski definition) is 2. The molecule has 0 bridgehead atoms. The number of likely N-dealkylation sites (tertiary alicyclic amines) is 1. The minimum absolute atomic E-state index is 0.00238. The third kappa shape index (κ3) is 6.94. The lowest BCUT2D eigenvalue weighted by Crippen LogP contribution is -2.43. The van der Waals surface area contributed by atoms with Gasteiger partial charge in [-0.1, -0.05) is 11.8 Å². The molecule has 0 atom stereocenters. The molecule has 1 aliphatic heterocycles. The van der Waals surface area contributed by atoms with Gasteiger partial charge in [0.2, 0.25) is 0 Å². The van der Waals surface area contributed by atoms with Crippen LogP contribution in [0.2, 0.25) is 0 Å². The second-order valence-electron chi connectivity index (χ2n) is 9.15. The van der Waals surface area contributed by atoms with E-state index in [1.54, 1.807) is 31.0 Å². The maximum Gasteiger partial charge on any atom is 0.406 e. The van der Waals surface area contributed by atoms with E-state index in [-0.39, 0.29) is 35.1 Å². The van der Waals surface area contributed by atoms with Gasteiger partial charge in [0.1, 0.15) is 17.8 Å². The number of thioether (sulfide) groups is 1. The van der Waals surface area contributed by atoms with Gasteiger partial charge in [-0.15, -0.1) is 11.8 Å². The standard InChI is InChI=1S/C27H30F3N5O2S/c1-34-11-8-19(9-12-34)33-26(36)21-13-18(14-23-25(21)32-17-35(23)16-27(28,29)30)5-4-10-31-22-7-6-20(38-3)15-24(22)37-2/h6-7,13-15,17,19,31H,8-12,16H2,1-3H3,(H,33,36). The van der Waals surface area contributed by atoms with E-state index in [9.17, 15) is 18.0 Å². The summed E-state index contributed by atoms with van der Waals surface area (Å²) in [6, 6.07) is 8.93. The highest BCUT2D eigenvalue weighted by molar-refractivity contribution is 7.98. The number of aromatic nitrogens is 2. The molecule has 1 amide bonds. The van der Waals surface area contributed by atoms with E-state index in [1.165, 1.54) is 0 Å². The lowest BCUT2D eigenvalue weighted by molar-refractivity contribution is -0.139. The maximum atomic E-state index is 13.2. The van der Waals surface area contributed by atoms with Crippen molar-refractivity contribution in [3.8, 4) is 17.6 Å². The van der Waals surface area contributed by atoms with Crippen LogP contribution in [0.3, 0.4) is 0 Å². The summed E-state index contributed by atoms with van der Waals surface area (Å²) in [4.78, 5) is 20.6. The van der Waals surface area contributed by atoms with Crippen molar-refractivity contribution < 1.29 is 22.7 Å². The van der Waals surface area contributed by atoms with Gasteiger partial charge in [0.05, 0.1) is 36.7 Å². The van der Waals surface area contributed by atoms with Crippen molar-refractivity contribution in [1.82, 2.24) is 19.8 Å². The Hall–Kier alpha value is -3.36. The molecular formula is C27H30F3N5O2S. The van der Waals surface area contributed by atoms with Crippen molar-refractivity contribution in [2.24, 2.45) is 0 Å². The number of nitrogens with zero attached hydrogens (tertiary/aromatic N) is 3. The van der Waals surface area contributed by atoms with Crippen molar-refractivity contribution in [2.45, 2.75) is 36.5 Å². The zero-order chi connectivity index (χ0) is 27.3. The van der Waals surface area contributed by atoms with E-state index in [2.05, 4.69) is 32.4 Å². The summed E-state index contributed by atoms with van der Waals surface area (Å²) in [5.74, 6) is 6.31. The van der Waals surface area contributed by atoms with E-state index >= 15 is 0 Å². The van der Waals surface area contributed by atoms with Crippen LogP contribution in [-0.2, 0) is 6.54 Å². The Morgan fingerprint density at radius 2 is 2.00 bits per heavy atom. The Bertz CT molecular complexity index is 1350. The van der Waals surface area contributed by atoms with Gasteiger partial charge in [-0.2, -0.15) is 13.2 Å². The first-order chi connectivity index (χ1) is 18.2. The number of rotatable bonds is 7. The molecule has 11 heteroatoms. The van der Waals surface area contributed by atoms with Crippen LogP contribution in [0.5, 0.6) is 5.75 Å². The molecule has 1 aliphatic rings. The van der Waals surface area contributed by atoms with Gasteiger partial charge in [-0.25, -0.2) is 4.98 Å². The van der Waals surface area contributed by atoms with Gasteiger partial charge in [0.15, 0.2) is 0 Å². The second kappa shape index (κ2) is 12.0. The van der Waals surface area contributed by atoms with Gasteiger partial charge in [0.25, 0.3) is 5.91 Å². The Kier molecular flexibility index (Phi) is 8.74. The van der Waals surface area contributed by atoms with Gasteiger partial charge in [-0.05, 0) is 69.6 Å². The van der Waals surface area contributed by atoms with Crippen molar-refractivity contribution in [3.63, 3.8) is 0 Å². The highest BCUT2D eigenvalue weighted by atomic mass is 32.2. The van der Waals surface area contributed by atoms with E-state index in [0.29, 0.717) is 11.3 Å². The van der Waals surface area contributed by atoms with Gasteiger partial charge in [-0.3, -0.25) is 4.79 Å². The van der Waals surface area contributed by atoms with E-state index in [0.717, 1.165) is 47.4 Å². The zero-order valence-electron chi connectivity index (χ0n) is 21.5. The van der Waals surface area contributed by atoms with Crippen LogP contribution >= 0.6 is 11.8 Å². The van der Waals surface area contributed by atoms with Gasteiger partial charge < -0.3 is 24.8 Å². The average Bonchev–Trinajstić information content (AvgIpc) is 3.28. The Labute approximate surface area is 224 Å². The van der Waals surface area contributed by atoms with Gasteiger partial charge in [0, 0.05) is 16.5 Å². The van der Waals surface area contributed by atoms with Crippen molar-refractivity contribution in [1.29, 1.82) is 0 Å². The summed E-state index contributed by atoms with van der Waals surface area (Å²) in [6.07, 6.45) is 0.280. The lowest BCUT2D eigenvalue weighted by Gasteiger charge is -2.29. The smallest absolute Gasteiger partial charge is 0.406 e. The fourth-order valence-electron chi connectivity index (χ4n) is 4.37. The van der Waals surface area contributed by atoms with E-state index in [1.807, 2.05) is 31.5 Å². The van der Waals surface area contributed by atoms with E-state index < -0.39 is 12.7 Å². The number of piperidine rings is 1. The fraction of sp³-hybridized carbons (Fsp3) is 0.407. The summed E-state index contributed by atoms with van der Waals surface area (Å²) >= 11 is 1.61. The topological polar surface area (TPSA) is 71.4 Å². The average molecular weight is 546 g/mol. The Balaban J connectivity index is 1.59. The molecule has 1 fully saturated rings. The van der Waals surface area contributed by atoms with Gasteiger partial charge >= 0.3 is 6.18 Å². The van der Waals surface area contributed by atoms with Crippen LogP contribution in [0.4, 0.5) is 18.9 Å². The minimum Gasteiger partial charge on any atom is -0.495 e. The van der Waals surface area contributed by atoms with Crippen molar-refractivity contribution >= 4 is 34.4 Å². The zero-order valence-corrected chi connectivity index (χ0v) is 22.3. The number of anilines is 1. The van der Waals surface area contributed by atoms with Crippen molar-refractivity contribution in [3.05, 3.63) is 47.8 Å². The number of benzene rings is 2. The number of nitrogens with one attached hydrogen (secondary N) is 2. The number of carbonyl (C=O) groups is 1. The highest BCUT2D eigenvalue weighted by Crippen LogP contribution is 2.29. The Morgan fingerprint density at radius 3 is 2.68 bits per heavy atom. The van der Waals surface area contributed by atoms with Crippen LogP contribution < -0.4 is 15.4 Å². The number of ether oxygens (including phenoxy) is 1. The summed E-state index contributed by atoms with van der Waals surface area (Å²) in [5.41, 5.74) is 1.86. The van der Waals surface area contributed by atoms with E-state index in [4.69, 9.17) is 4.74 Å². The molecule has 7 nitrogen and oxygen atoms in total. The molecule has 3 aromatic rings. The second-order valence-corrected chi connectivity index (χ2v) is 10.0. The fourth-order valence-corrected chi connectivity index (χ4v) is 4.80. The maximum absolute atomic E-state index is 13.2. The molecule has 202 valence electrons. The van der Waals surface area contributed by atoms with Crippen LogP contribution in [0.25, 0.3) is 11.0 Å². The first kappa shape index (κ1) is 27.7. The molecule has 0 unspecified atom stereocenters. The number of carbonyl (C=O) groups excluding carboxylic acids is 1. The largest absolute Gasteiger partial charge is 0.495 e. The molecule has 0 saturated carbocycles. The van der Waals surface area contributed by atoms with Crippen molar-refractivity contribution in [2.75, 3.05) is 45.4 Å². The normalized spacial score (nSPS) is 14.7. The number of alkyl halides is 3. The first-order valence-electron chi connectivity index (χ1n) is 12.2. The first-order valence-corrected chi connectivity index (χ1v) is 13.4. The third-order valence-electron chi connectivity index (χ3n) is 6.38. The summed E-state index contributed by atoms with van der Waals surface area (Å²) < 4.78 is 46.0. The number of methoxy groups -OCH3 is 1. The number of amides is 1. The minimum atomic E-state index is -4.43. The SMILES string of the molecule is COc1cc(SC)ccc1NCC#Cc1cc(C(=O)NC2CCN(C)CC2)c2ncn(CC(F)(F)F)c2c1. The molecule has 0 aliphatic carbocycles. The lowest BCUT2D eigenvalue weighted by atomic mass is 10.0. The molecule has 38 heavy (non-hydrogen) atoms. The summed E-state index contributed by atoms with van der Waals surface area (Å²) in [5, 5.41) is 6.23. The van der Waals surface area contributed by atoms with Crippen LogP contribution in [-0.4, -0.2) is 72.6 Å². The highest BCUT2D eigenvalue weighted by Gasteiger charge is 2.29. The van der Waals surface area contributed by atoms with Crippen LogP contribution in [0, 0.1) is 11.8 Å². The molecule has 1 saturated heterocycles. The summed E-state index contributed by atoms with van der Waals surface area (Å²) in [7, 11) is 3.62. The molecule has 1 aromatic heterocycles. The molecule has 2 heterocycles. The molecule has 2 aromatic carbocycles. The third-order valence-corrected chi connectivity index (χ3v) is 7.11. The number of halogens is 3. The molecule has 2 N–H and O–H groups in total. The monoisotopic (exact) mass is 545 g/mol. The Morgan fingerprint density at radius 1 is 1.24 bits per heavy atom. The summed E-state index contributed by atoms with van der Waals surface area (Å²) in [6.45, 7) is 0.795. The molecular weight excluding hydrogens is 515 g/mol.